The number of nitrogens with zero attached hydrogens (tertiary/aromatic N) is 4. The molecule has 1 saturated heterocycles. The lowest BCUT2D eigenvalue weighted by molar-refractivity contribution is 0.202. The number of aromatic amines is 1. The highest BCUT2D eigenvalue weighted by molar-refractivity contribution is 6.11. The number of rotatable bonds is 5. The van der Waals surface area contributed by atoms with Gasteiger partial charge in [-0.1, -0.05) is 26.0 Å². The zero-order chi connectivity index (χ0) is 28.7. The Balaban J connectivity index is 1.23. The Morgan fingerprint density at radius 1 is 1.12 bits per heavy atom. The molecular formula is C35H38FN5. The van der Waals surface area contributed by atoms with Crippen LogP contribution < -0.4 is 0 Å². The van der Waals surface area contributed by atoms with Crippen molar-refractivity contribution in [1.82, 2.24) is 9.88 Å². The molecule has 0 bridgehead atoms. The van der Waals surface area contributed by atoms with Gasteiger partial charge in [-0.15, -0.1) is 0 Å². The summed E-state index contributed by atoms with van der Waals surface area (Å²) in [6, 6.07) is 12.4. The third-order valence-electron chi connectivity index (χ3n) is 9.06. The molecule has 6 heteroatoms. The molecule has 3 aliphatic rings. The summed E-state index contributed by atoms with van der Waals surface area (Å²) in [6.07, 6.45) is 10.4. The number of benzene rings is 2. The van der Waals surface area contributed by atoms with Crippen LogP contribution in [0.1, 0.15) is 91.8 Å². The van der Waals surface area contributed by atoms with Gasteiger partial charge in [0.1, 0.15) is 12.2 Å². The number of nitriles is 1. The van der Waals surface area contributed by atoms with E-state index >= 15 is 0 Å². The summed E-state index contributed by atoms with van der Waals surface area (Å²) in [6.45, 7) is 11.1. The van der Waals surface area contributed by atoms with Gasteiger partial charge in [0.15, 0.2) is 0 Å². The zero-order valence-electron chi connectivity index (χ0n) is 24.5. The first-order chi connectivity index (χ1) is 19.8. The summed E-state index contributed by atoms with van der Waals surface area (Å²) in [4.78, 5) is 15.2. The number of aliphatic imine (C=N–C) groups is 2. The highest BCUT2D eigenvalue weighted by Gasteiger charge is 2.26. The molecule has 0 radical (unpaired) electrons. The van der Waals surface area contributed by atoms with Crippen molar-refractivity contribution in [3.8, 4) is 6.07 Å². The maximum absolute atomic E-state index is 14.7. The molecule has 1 unspecified atom stereocenters. The van der Waals surface area contributed by atoms with Crippen LogP contribution in [0.5, 0.6) is 0 Å². The van der Waals surface area contributed by atoms with Crippen molar-refractivity contribution >= 4 is 28.5 Å². The monoisotopic (exact) mass is 547 g/mol. The van der Waals surface area contributed by atoms with Crippen LogP contribution in [0, 0.1) is 24.1 Å². The first-order valence-electron chi connectivity index (χ1n) is 14.9. The summed E-state index contributed by atoms with van der Waals surface area (Å²) >= 11 is 0. The van der Waals surface area contributed by atoms with E-state index in [-0.39, 0.29) is 11.9 Å². The molecular weight excluding hydrogens is 509 g/mol. The van der Waals surface area contributed by atoms with Gasteiger partial charge in [-0.2, -0.15) is 5.26 Å². The average Bonchev–Trinajstić information content (AvgIpc) is 3.58. The molecule has 2 aliphatic heterocycles. The second-order valence-electron chi connectivity index (χ2n) is 12.1. The first-order valence-corrected chi connectivity index (χ1v) is 14.9. The lowest BCUT2D eigenvalue weighted by Crippen LogP contribution is -2.33. The van der Waals surface area contributed by atoms with Gasteiger partial charge in [-0.05, 0) is 123 Å². The number of fused-ring (bicyclic) bond motifs is 2. The van der Waals surface area contributed by atoms with Crippen molar-refractivity contribution in [2.75, 3.05) is 13.1 Å². The van der Waals surface area contributed by atoms with Crippen molar-refractivity contribution in [2.24, 2.45) is 9.98 Å². The topological polar surface area (TPSA) is 67.5 Å². The van der Waals surface area contributed by atoms with Crippen molar-refractivity contribution in [1.29, 1.82) is 5.26 Å². The third-order valence-corrected chi connectivity index (χ3v) is 9.06. The van der Waals surface area contributed by atoms with E-state index in [9.17, 15) is 4.39 Å². The molecule has 0 amide bonds. The molecule has 1 atom stereocenters. The molecule has 41 heavy (non-hydrogen) atoms. The Morgan fingerprint density at radius 3 is 2.66 bits per heavy atom. The van der Waals surface area contributed by atoms with Crippen LogP contribution in [-0.2, 0) is 6.54 Å². The van der Waals surface area contributed by atoms with Gasteiger partial charge in [0.2, 0.25) is 0 Å². The van der Waals surface area contributed by atoms with E-state index in [1.807, 2.05) is 6.92 Å². The molecule has 1 aliphatic carbocycles. The second kappa shape index (κ2) is 11.2. The molecule has 1 fully saturated rings. The molecule has 3 aromatic rings. The Hall–Kier alpha value is -3.82. The van der Waals surface area contributed by atoms with Gasteiger partial charge < -0.3 is 4.98 Å². The summed E-state index contributed by atoms with van der Waals surface area (Å²) in [5, 5.41) is 10.5. The average molecular weight is 548 g/mol. The van der Waals surface area contributed by atoms with Crippen LogP contribution in [0.25, 0.3) is 16.5 Å². The molecule has 0 spiro atoms. The van der Waals surface area contributed by atoms with E-state index in [2.05, 4.69) is 77.1 Å². The number of aromatic nitrogens is 1. The van der Waals surface area contributed by atoms with Gasteiger partial charge in [0, 0.05) is 28.7 Å². The highest BCUT2D eigenvalue weighted by atomic mass is 19.1. The molecule has 1 aromatic heterocycles. The standard InChI is InChI=1S/C35H38FN5/c1-21(2)33-28-17-26(25-10-12-41(13-11-25)19-29-22(3)14-24(18-37)16-30(29)36)8-9-31(28)40-35(33)27-6-5-7-32-34(23(4)15-27)39-20-38-32/h6,8-9,14-17,20-21,25,32,40H,5,7,10-13,19H2,1-4H3/b23-15-,27-6+. The number of hydrogen-bond donors (Lipinski definition) is 1. The highest BCUT2D eigenvalue weighted by Crippen LogP contribution is 2.38. The maximum atomic E-state index is 14.7. The van der Waals surface area contributed by atoms with Crippen molar-refractivity contribution in [3.63, 3.8) is 0 Å². The second-order valence-corrected chi connectivity index (χ2v) is 12.1. The van der Waals surface area contributed by atoms with E-state index in [4.69, 9.17) is 5.26 Å². The van der Waals surface area contributed by atoms with Crippen molar-refractivity contribution in [3.05, 3.63) is 87.4 Å². The minimum absolute atomic E-state index is 0.192. The summed E-state index contributed by atoms with van der Waals surface area (Å²) in [5.74, 6) is 0.592. The van der Waals surface area contributed by atoms with E-state index < -0.39 is 0 Å². The minimum Gasteiger partial charge on any atom is -0.354 e. The molecule has 5 nitrogen and oxygen atoms in total. The van der Waals surface area contributed by atoms with Crippen LogP contribution in [-0.4, -0.2) is 41.1 Å². The Labute approximate surface area is 242 Å². The van der Waals surface area contributed by atoms with Crippen molar-refractivity contribution < 1.29 is 4.39 Å². The number of hydrogen-bond acceptors (Lipinski definition) is 4. The number of halogens is 1. The number of aryl methyl sites for hydroxylation is 1. The van der Waals surface area contributed by atoms with E-state index in [1.54, 1.807) is 12.4 Å². The molecule has 1 N–H and O–H groups in total. The number of likely N-dealkylation sites (tertiary alicyclic amines) is 1. The normalized spacial score (nSPS) is 22.5. The number of nitrogens with one attached hydrogen (secondary N) is 1. The zero-order valence-corrected chi connectivity index (χ0v) is 24.5. The van der Waals surface area contributed by atoms with Crippen LogP contribution >= 0.6 is 0 Å². The predicted molar refractivity (Wildman–Crippen MR) is 166 cm³/mol. The van der Waals surface area contributed by atoms with Gasteiger partial charge in [-0.3, -0.25) is 9.89 Å². The van der Waals surface area contributed by atoms with E-state index in [0.29, 0.717) is 29.5 Å². The smallest absolute Gasteiger partial charge is 0.129 e. The summed E-state index contributed by atoms with van der Waals surface area (Å²) in [7, 11) is 0. The van der Waals surface area contributed by atoms with Crippen molar-refractivity contribution in [2.45, 2.75) is 77.8 Å². The Kier molecular flexibility index (Phi) is 7.48. The maximum Gasteiger partial charge on any atom is 0.129 e. The molecule has 0 saturated carbocycles. The fraction of sp³-hybridized carbons (Fsp3) is 0.400. The number of piperidine rings is 1. The van der Waals surface area contributed by atoms with Crippen LogP contribution in [0.3, 0.4) is 0 Å². The largest absolute Gasteiger partial charge is 0.354 e. The Bertz CT molecular complexity index is 1630. The molecule has 210 valence electrons. The van der Waals surface area contributed by atoms with Gasteiger partial charge in [0.25, 0.3) is 0 Å². The quantitative estimate of drug-likeness (QED) is 0.352. The lowest BCUT2D eigenvalue weighted by Gasteiger charge is -2.32. The number of H-pyrrole nitrogens is 1. The third kappa shape index (κ3) is 5.31. The molecule has 2 aromatic carbocycles. The van der Waals surface area contributed by atoms with Gasteiger partial charge in [-0.25, -0.2) is 9.38 Å². The Morgan fingerprint density at radius 2 is 1.93 bits per heavy atom. The van der Waals surface area contributed by atoms with Crippen LogP contribution in [0.2, 0.25) is 0 Å². The SMILES string of the molecule is C/C1=C/C(c2[nH]c3ccc(C4CCN(Cc5c(C)cc(C#N)cc5F)CC4)cc3c2C(C)C)=C\CCC2N=CN=C12. The van der Waals surface area contributed by atoms with Crippen LogP contribution in [0.4, 0.5) is 4.39 Å². The van der Waals surface area contributed by atoms with Gasteiger partial charge in [0.05, 0.1) is 23.4 Å². The fourth-order valence-electron chi connectivity index (χ4n) is 6.84. The summed E-state index contributed by atoms with van der Waals surface area (Å²) in [5.41, 5.74) is 10.7. The van der Waals surface area contributed by atoms with E-state index in [0.717, 1.165) is 50.0 Å². The lowest BCUT2D eigenvalue weighted by atomic mass is 9.87. The van der Waals surface area contributed by atoms with E-state index in [1.165, 1.54) is 44.9 Å². The molecule has 3 heterocycles. The van der Waals surface area contributed by atoms with Gasteiger partial charge >= 0.3 is 0 Å². The molecule has 6 rings (SSSR count). The minimum atomic E-state index is -0.271. The summed E-state index contributed by atoms with van der Waals surface area (Å²) < 4.78 is 14.7. The first kappa shape index (κ1) is 27.4. The fourth-order valence-corrected chi connectivity index (χ4v) is 6.84. The predicted octanol–water partition coefficient (Wildman–Crippen LogP) is 7.97. The van der Waals surface area contributed by atoms with Crippen LogP contribution in [0.15, 0.2) is 58.0 Å². The number of allylic oxidation sites excluding steroid dienone is 3.